The highest BCUT2D eigenvalue weighted by atomic mass is 19.4. The van der Waals surface area contributed by atoms with E-state index in [1.54, 1.807) is 0 Å². The van der Waals surface area contributed by atoms with Crippen LogP contribution < -0.4 is 10.5 Å². The summed E-state index contributed by atoms with van der Waals surface area (Å²) in [7, 11) is 0. The van der Waals surface area contributed by atoms with Crippen LogP contribution in [-0.4, -0.2) is 22.4 Å². The molecular weight excluding hydrogens is 298 g/mol. The van der Waals surface area contributed by atoms with Crippen LogP contribution in [0.15, 0.2) is 6.07 Å². The molecular formula is C9H6F6N2O3. The van der Waals surface area contributed by atoms with E-state index >= 15 is 0 Å². The summed E-state index contributed by atoms with van der Waals surface area (Å²) in [5.41, 5.74) is 0.986. The Kier molecular flexibility index (Phi) is 4.12. The van der Waals surface area contributed by atoms with Crippen LogP contribution in [0.25, 0.3) is 0 Å². The molecule has 11 heteroatoms. The van der Waals surface area contributed by atoms with Crippen LogP contribution in [-0.2, 0) is 12.7 Å². The Bertz CT molecular complexity index is 526. The van der Waals surface area contributed by atoms with Gasteiger partial charge in [-0.05, 0) is 6.07 Å². The van der Waals surface area contributed by atoms with Crippen molar-refractivity contribution >= 4 is 5.97 Å². The van der Waals surface area contributed by atoms with Gasteiger partial charge in [0.15, 0.2) is 5.69 Å². The third-order valence-corrected chi connectivity index (χ3v) is 2.03. The smallest absolute Gasteiger partial charge is 0.477 e. The molecule has 0 aliphatic heterocycles. The van der Waals surface area contributed by atoms with Gasteiger partial charge >= 0.3 is 18.5 Å². The fourth-order valence-electron chi connectivity index (χ4n) is 1.30. The van der Waals surface area contributed by atoms with Gasteiger partial charge in [-0.15, -0.1) is 13.2 Å². The largest absolute Gasteiger partial charge is 0.574 e. The van der Waals surface area contributed by atoms with Gasteiger partial charge in [-0.1, -0.05) is 0 Å². The second-order valence-electron chi connectivity index (χ2n) is 3.39. The Balaban J connectivity index is 3.55. The van der Waals surface area contributed by atoms with E-state index in [1.165, 1.54) is 0 Å². The Morgan fingerprint density at radius 3 is 2.20 bits per heavy atom. The fourth-order valence-corrected chi connectivity index (χ4v) is 1.30. The van der Waals surface area contributed by atoms with Crippen molar-refractivity contribution in [3.63, 3.8) is 0 Å². The number of carboxylic acid groups (broad SMARTS) is 1. The van der Waals surface area contributed by atoms with Gasteiger partial charge in [0, 0.05) is 12.1 Å². The molecule has 0 aromatic carbocycles. The molecule has 0 fully saturated rings. The molecule has 0 unspecified atom stereocenters. The number of carbonyl (C=O) groups is 1. The van der Waals surface area contributed by atoms with Gasteiger partial charge in [0.25, 0.3) is 0 Å². The van der Waals surface area contributed by atoms with Crippen molar-refractivity contribution in [2.24, 2.45) is 5.73 Å². The van der Waals surface area contributed by atoms with Crippen molar-refractivity contribution in [1.82, 2.24) is 4.98 Å². The molecule has 20 heavy (non-hydrogen) atoms. The van der Waals surface area contributed by atoms with Crippen molar-refractivity contribution in [1.29, 1.82) is 0 Å². The van der Waals surface area contributed by atoms with Crippen LogP contribution in [0.2, 0.25) is 0 Å². The molecule has 0 bridgehead atoms. The van der Waals surface area contributed by atoms with Gasteiger partial charge in [-0.25, -0.2) is 9.78 Å². The highest BCUT2D eigenvalue weighted by Gasteiger charge is 2.39. The summed E-state index contributed by atoms with van der Waals surface area (Å²) in [5, 5.41) is 8.56. The topological polar surface area (TPSA) is 85.4 Å². The van der Waals surface area contributed by atoms with Gasteiger partial charge in [-0.2, -0.15) is 13.2 Å². The Hall–Kier alpha value is -2.04. The molecule has 0 radical (unpaired) electrons. The number of aromatic carboxylic acids is 1. The summed E-state index contributed by atoms with van der Waals surface area (Å²) in [4.78, 5) is 13.5. The van der Waals surface area contributed by atoms with E-state index in [0.29, 0.717) is 0 Å². The molecule has 5 nitrogen and oxygen atoms in total. The van der Waals surface area contributed by atoms with Crippen molar-refractivity contribution in [3.8, 4) is 5.88 Å². The highest BCUT2D eigenvalue weighted by molar-refractivity contribution is 5.86. The van der Waals surface area contributed by atoms with E-state index in [4.69, 9.17) is 10.8 Å². The highest BCUT2D eigenvalue weighted by Crippen LogP contribution is 2.37. The average molecular weight is 304 g/mol. The minimum atomic E-state index is -5.34. The molecule has 0 saturated heterocycles. The minimum Gasteiger partial charge on any atom is -0.477 e. The first-order valence-electron chi connectivity index (χ1n) is 4.76. The number of halogens is 6. The zero-order valence-electron chi connectivity index (χ0n) is 9.34. The summed E-state index contributed by atoms with van der Waals surface area (Å²) in [6.45, 7) is -0.965. The fraction of sp³-hybridized carbons (Fsp3) is 0.333. The molecule has 0 amide bonds. The normalized spacial score (nSPS) is 12.3. The van der Waals surface area contributed by atoms with Gasteiger partial charge in [0.05, 0.1) is 5.56 Å². The monoisotopic (exact) mass is 304 g/mol. The van der Waals surface area contributed by atoms with Gasteiger partial charge < -0.3 is 15.6 Å². The molecule has 0 saturated carbocycles. The zero-order valence-corrected chi connectivity index (χ0v) is 9.34. The predicted octanol–water partition coefficient (Wildman–Crippen LogP) is 2.16. The lowest BCUT2D eigenvalue weighted by molar-refractivity contribution is -0.276. The molecule has 0 spiro atoms. The molecule has 1 rings (SSSR count). The van der Waals surface area contributed by atoms with E-state index in [-0.39, 0.29) is 6.07 Å². The van der Waals surface area contributed by atoms with Crippen LogP contribution in [0, 0.1) is 0 Å². The zero-order chi connectivity index (χ0) is 15.7. The lowest BCUT2D eigenvalue weighted by Crippen LogP contribution is -2.23. The third kappa shape index (κ3) is 3.73. The molecule has 1 heterocycles. The van der Waals surface area contributed by atoms with Crippen LogP contribution >= 0.6 is 0 Å². The lowest BCUT2D eigenvalue weighted by atomic mass is 10.1. The molecule has 0 aliphatic rings. The lowest BCUT2D eigenvalue weighted by Gasteiger charge is -2.17. The number of pyridine rings is 1. The van der Waals surface area contributed by atoms with Crippen molar-refractivity contribution < 1.29 is 41.0 Å². The predicted molar refractivity (Wildman–Crippen MR) is 50.8 cm³/mol. The first-order chi connectivity index (χ1) is 8.95. The summed E-state index contributed by atoms with van der Waals surface area (Å²) in [6, 6.07) is 0.0910. The number of aromatic nitrogens is 1. The molecule has 1 aromatic rings. The van der Waals surface area contributed by atoms with Gasteiger partial charge in [-0.3, -0.25) is 0 Å². The van der Waals surface area contributed by atoms with Crippen LogP contribution in [0.1, 0.15) is 21.6 Å². The number of alkyl halides is 6. The second-order valence-corrected chi connectivity index (χ2v) is 3.39. The summed E-state index contributed by atoms with van der Waals surface area (Å²) < 4.78 is 77.6. The number of rotatable bonds is 3. The number of nitrogens with two attached hydrogens (primary N) is 1. The quantitative estimate of drug-likeness (QED) is 0.836. The Morgan fingerprint density at radius 2 is 1.85 bits per heavy atom. The number of carboxylic acids is 1. The number of ether oxygens (including phenoxy) is 1. The molecule has 0 aliphatic carbocycles. The van der Waals surface area contributed by atoms with E-state index in [1.807, 2.05) is 0 Å². The maximum absolute atomic E-state index is 12.7. The molecule has 112 valence electrons. The third-order valence-electron chi connectivity index (χ3n) is 2.03. The summed E-state index contributed by atoms with van der Waals surface area (Å²) >= 11 is 0. The molecule has 1 aromatic heterocycles. The Morgan fingerprint density at radius 1 is 1.30 bits per heavy atom. The van der Waals surface area contributed by atoms with Crippen molar-refractivity contribution in [2.45, 2.75) is 19.1 Å². The SMILES string of the molecule is NCc1c(C(F)(F)F)cc(C(=O)O)nc1OC(F)(F)F. The number of hydrogen-bond acceptors (Lipinski definition) is 4. The first-order valence-corrected chi connectivity index (χ1v) is 4.76. The van der Waals surface area contributed by atoms with Crippen molar-refractivity contribution in [2.75, 3.05) is 0 Å². The van der Waals surface area contributed by atoms with E-state index in [9.17, 15) is 31.1 Å². The number of nitrogens with zero attached hydrogens (tertiary/aromatic N) is 1. The van der Waals surface area contributed by atoms with Gasteiger partial charge in [0.1, 0.15) is 0 Å². The Labute approximate surface area is 107 Å². The molecule has 3 N–H and O–H groups in total. The summed E-state index contributed by atoms with van der Waals surface area (Å²) in [6.07, 6.45) is -10.4. The van der Waals surface area contributed by atoms with E-state index < -0.39 is 47.8 Å². The van der Waals surface area contributed by atoms with Crippen LogP contribution in [0.5, 0.6) is 5.88 Å². The maximum Gasteiger partial charge on any atom is 0.574 e. The summed E-state index contributed by atoms with van der Waals surface area (Å²) in [5.74, 6) is -3.47. The second kappa shape index (κ2) is 5.15. The van der Waals surface area contributed by atoms with E-state index in [0.717, 1.165) is 0 Å². The van der Waals surface area contributed by atoms with Crippen LogP contribution in [0.3, 0.4) is 0 Å². The van der Waals surface area contributed by atoms with Crippen molar-refractivity contribution in [3.05, 3.63) is 22.9 Å². The van der Waals surface area contributed by atoms with Gasteiger partial charge in [0.2, 0.25) is 5.88 Å². The number of hydrogen-bond donors (Lipinski definition) is 2. The van der Waals surface area contributed by atoms with E-state index in [2.05, 4.69) is 9.72 Å². The van der Waals surface area contributed by atoms with Crippen LogP contribution in [0.4, 0.5) is 26.3 Å². The minimum absolute atomic E-state index is 0.0910. The standard InChI is InChI=1S/C9H6F6N2O3/c10-8(11,12)4-1-5(7(18)19)17-6(3(4)2-16)20-9(13,14)15/h1H,2,16H2,(H,18,19). The maximum atomic E-state index is 12.7. The average Bonchev–Trinajstić information content (AvgIpc) is 2.24. The molecule has 0 atom stereocenters. The first kappa shape index (κ1) is 16.0.